The van der Waals surface area contributed by atoms with Gasteiger partial charge in [-0.2, -0.15) is 0 Å². The van der Waals surface area contributed by atoms with Gasteiger partial charge in [0.05, 0.1) is 18.8 Å². The Morgan fingerprint density at radius 1 is 1.15 bits per heavy atom. The normalized spacial score (nSPS) is 17.8. The molecule has 1 aliphatic rings. The van der Waals surface area contributed by atoms with Gasteiger partial charge in [-0.3, -0.25) is 15.6 Å². The topological polar surface area (TPSA) is 141 Å². The lowest BCUT2D eigenvalue weighted by molar-refractivity contribution is -0.128. The number of carbonyl (C=O) groups is 1. The number of para-hydroxylation sites is 1. The SMILES string of the molecule is C=CC[C@]1(C(=O)NNc2ccccc2)N=C(c2ccc(OCCCO)cc2)O[C@H]1c1ccccc1CN=[N+]=[N-]. The van der Waals surface area contributed by atoms with E-state index in [1.54, 1.807) is 30.3 Å². The first-order valence-electron chi connectivity index (χ1n) is 12.5. The molecule has 0 spiro atoms. The summed E-state index contributed by atoms with van der Waals surface area (Å²) in [5.74, 6) is 0.523. The molecule has 3 aromatic carbocycles. The molecule has 1 aliphatic heterocycles. The monoisotopic (exact) mass is 526 g/mol. The minimum atomic E-state index is -1.40. The molecule has 3 N–H and O–H groups in total. The van der Waals surface area contributed by atoms with Gasteiger partial charge in [0.15, 0.2) is 11.6 Å². The van der Waals surface area contributed by atoms with Crippen molar-refractivity contribution < 1.29 is 19.4 Å². The number of hydrogen-bond acceptors (Lipinski definition) is 7. The van der Waals surface area contributed by atoms with Crippen molar-refractivity contribution in [2.45, 2.75) is 31.0 Å². The number of amides is 1. The quantitative estimate of drug-likeness (QED) is 0.0698. The molecule has 0 radical (unpaired) electrons. The Bertz CT molecular complexity index is 1360. The third-order valence-corrected chi connectivity index (χ3v) is 6.22. The highest BCUT2D eigenvalue weighted by Crippen LogP contribution is 2.44. The number of hydrogen-bond donors (Lipinski definition) is 3. The fourth-order valence-corrected chi connectivity index (χ4v) is 4.31. The van der Waals surface area contributed by atoms with Crippen molar-refractivity contribution in [3.05, 3.63) is 119 Å². The molecule has 0 unspecified atom stereocenters. The summed E-state index contributed by atoms with van der Waals surface area (Å²) in [7, 11) is 0. The molecular formula is C29H30N6O4. The van der Waals surface area contributed by atoms with Crippen molar-refractivity contribution in [2.24, 2.45) is 10.1 Å². The van der Waals surface area contributed by atoms with E-state index in [0.717, 1.165) is 5.56 Å². The number of nitrogens with one attached hydrogen (secondary N) is 2. The van der Waals surface area contributed by atoms with Crippen LogP contribution in [0.4, 0.5) is 5.69 Å². The van der Waals surface area contributed by atoms with Crippen LogP contribution in [-0.2, 0) is 16.1 Å². The van der Waals surface area contributed by atoms with E-state index < -0.39 is 17.6 Å². The van der Waals surface area contributed by atoms with E-state index in [0.29, 0.717) is 35.6 Å². The van der Waals surface area contributed by atoms with E-state index in [2.05, 4.69) is 27.5 Å². The molecule has 39 heavy (non-hydrogen) atoms. The van der Waals surface area contributed by atoms with Gasteiger partial charge in [0, 0.05) is 29.9 Å². The van der Waals surface area contributed by atoms with Gasteiger partial charge in [0.1, 0.15) is 5.75 Å². The maximum atomic E-state index is 13.9. The number of aliphatic imine (C=N–C) groups is 1. The second-order valence-corrected chi connectivity index (χ2v) is 8.81. The van der Waals surface area contributed by atoms with Crippen LogP contribution in [0, 0.1) is 0 Å². The highest BCUT2D eigenvalue weighted by molar-refractivity contribution is 6.01. The van der Waals surface area contributed by atoms with Crippen LogP contribution < -0.4 is 15.6 Å². The molecule has 0 bridgehead atoms. The van der Waals surface area contributed by atoms with Crippen molar-refractivity contribution in [1.29, 1.82) is 0 Å². The predicted octanol–water partition coefficient (Wildman–Crippen LogP) is 5.23. The summed E-state index contributed by atoms with van der Waals surface area (Å²) in [6, 6.07) is 23.8. The first kappa shape index (κ1) is 27.3. The van der Waals surface area contributed by atoms with Crippen molar-refractivity contribution >= 4 is 17.5 Å². The van der Waals surface area contributed by atoms with Crippen LogP contribution in [-0.4, -0.2) is 35.7 Å². The first-order chi connectivity index (χ1) is 19.1. The van der Waals surface area contributed by atoms with E-state index >= 15 is 0 Å². The van der Waals surface area contributed by atoms with Gasteiger partial charge in [-0.1, -0.05) is 53.7 Å². The molecule has 0 saturated carbocycles. The zero-order valence-electron chi connectivity index (χ0n) is 21.4. The predicted molar refractivity (Wildman–Crippen MR) is 149 cm³/mol. The number of carbonyl (C=O) groups excluding carboxylic acids is 1. The number of azide groups is 1. The zero-order chi connectivity index (χ0) is 27.5. The van der Waals surface area contributed by atoms with Crippen LogP contribution in [0.25, 0.3) is 10.4 Å². The third-order valence-electron chi connectivity index (χ3n) is 6.22. The van der Waals surface area contributed by atoms with Crippen LogP contribution in [0.3, 0.4) is 0 Å². The average Bonchev–Trinajstić information content (AvgIpc) is 3.36. The maximum absolute atomic E-state index is 13.9. The van der Waals surface area contributed by atoms with Crippen LogP contribution in [0.5, 0.6) is 5.75 Å². The number of benzene rings is 3. The van der Waals surface area contributed by atoms with Gasteiger partial charge in [0.25, 0.3) is 5.91 Å². The molecular weight excluding hydrogens is 496 g/mol. The van der Waals surface area contributed by atoms with Crippen molar-refractivity contribution in [2.75, 3.05) is 18.6 Å². The smallest absolute Gasteiger partial charge is 0.270 e. The summed E-state index contributed by atoms with van der Waals surface area (Å²) in [6.07, 6.45) is 1.53. The molecule has 0 fully saturated rings. The second kappa shape index (κ2) is 13.1. The lowest BCUT2D eigenvalue weighted by Gasteiger charge is -2.30. The lowest BCUT2D eigenvalue weighted by Crippen LogP contribution is -2.50. The van der Waals surface area contributed by atoms with Crippen molar-refractivity contribution in [1.82, 2.24) is 5.43 Å². The summed E-state index contributed by atoms with van der Waals surface area (Å²) in [5.41, 5.74) is 16.0. The van der Waals surface area contributed by atoms with Gasteiger partial charge >= 0.3 is 0 Å². The molecule has 0 aliphatic carbocycles. The van der Waals surface area contributed by atoms with Crippen molar-refractivity contribution in [3.8, 4) is 5.75 Å². The number of anilines is 1. The number of aliphatic hydroxyl groups excluding tert-OH is 1. The first-order valence-corrected chi connectivity index (χ1v) is 12.5. The minimum absolute atomic E-state index is 0.0534. The molecule has 200 valence electrons. The second-order valence-electron chi connectivity index (χ2n) is 8.81. The largest absolute Gasteiger partial charge is 0.494 e. The number of ether oxygens (including phenoxy) is 2. The van der Waals surface area contributed by atoms with E-state index in [1.807, 2.05) is 54.6 Å². The number of nitrogens with zero attached hydrogens (tertiary/aromatic N) is 4. The summed E-state index contributed by atoms with van der Waals surface area (Å²) < 4.78 is 12.1. The highest BCUT2D eigenvalue weighted by Gasteiger charge is 2.53. The maximum Gasteiger partial charge on any atom is 0.270 e. The molecule has 4 rings (SSSR count). The zero-order valence-corrected chi connectivity index (χ0v) is 21.4. The Kier molecular flexibility index (Phi) is 9.18. The van der Waals surface area contributed by atoms with E-state index in [9.17, 15) is 4.79 Å². The molecule has 10 heteroatoms. The molecule has 0 saturated heterocycles. The van der Waals surface area contributed by atoms with E-state index in [1.165, 1.54) is 0 Å². The Morgan fingerprint density at radius 3 is 2.62 bits per heavy atom. The van der Waals surface area contributed by atoms with Gasteiger partial charge in [-0.25, -0.2) is 4.99 Å². The fraction of sp³-hybridized carbons (Fsp3) is 0.241. The molecule has 1 heterocycles. The Hall–Kier alpha value is -4.79. The van der Waals surface area contributed by atoms with Crippen LogP contribution in [0.1, 0.15) is 35.6 Å². The summed E-state index contributed by atoms with van der Waals surface area (Å²) in [6.45, 7) is 4.43. The molecule has 10 nitrogen and oxygen atoms in total. The van der Waals surface area contributed by atoms with Gasteiger partial charge in [-0.05, 0) is 53.1 Å². The molecule has 2 atom stereocenters. The van der Waals surface area contributed by atoms with E-state index in [-0.39, 0.29) is 25.5 Å². The Morgan fingerprint density at radius 2 is 1.90 bits per heavy atom. The summed E-state index contributed by atoms with van der Waals surface area (Å²) in [5, 5.41) is 12.7. The van der Waals surface area contributed by atoms with Gasteiger partial charge in [0.2, 0.25) is 5.90 Å². The number of rotatable bonds is 13. The lowest BCUT2D eigenvalue weighted by atomic mass is 9.83. The minimum Gasteiger partial charge on any atom is -0.494 e. The number of hydrazine groups is 1. The van der Waals surface area contributed by atoms with Crippen LogP contribution in [0.15, 0.2) is 102 Å². The van der Waals surface area contributed by atoms with Gasteiger partial charge < -0.3 is 14.6 Å². The Labute approximate surface area is 226 Å². The molecule has 1 amide bonds. The van der Waals surface area contributed by atoms with Crippen LogP contribution in [0.2, 0.25) is 0 Å². The van der Waals surface area contributed by atoms with E-state index in [4.69, 9.17) is 25.1 Å². The third kappa shape index (κ3) is 6.38. The molecule has 3 aromatic rings. The number of aliphatic hydroxyl groups is 1. The van der Waals surface area contributed by atoms with Gasteiger partial charge in [-0.15, -0.1) is 6.58 Å². The van der Waals surface area contributed by atoms with Crippen LogP contribution >= 0.6 is 0 Å². The molecule has 0 aromatic heterocycles. The summed E-state index contributed by atoms with van der Waals surface area (Å²) in [4.78, 5) is 21.6. The fourth-order valence-electron chi connectivity index (χ4n) is 4.31. The van der Waals surface area contributed by atoms with Crippen molar-refractivity contribution in [3.63, 3.8) is 0 Å². The average molecular weight is 527 g/mol. The summed E-state index contributed by atoms with van der Waals surface area (Å²) >= 11 is 0. The highest BCUT2D eigenvalue weighted by atomic mass is 16.5. The Balaban J connectivity index is 1.72. The standard InChI is InChI=1S/C29H30N6O4/c1-2-17-29(28(37)34-33-23-10-4-3-5-11-23)26(25-12-7-6-9-22(25)20-31-35-30)39-27(32-29)21-13-15-24(16-14-21)38-19-8-18-36/h2-7,9-16,26,33,36H,1,8,17-20H2,(H,34,37)/t26-,29-/m0/s1.